The second-order valence-electron chi connectivity index (χ2n) is 4.55. The standard InChI is InChI=1S/C14H20N4/c1-4-18-10-16-17-14(18)9-15-12(3)13-7-5-6-11(2)8-13/h5-8,10,12,15H,4,9H2,1-3H3. The van der Waals surface area contributed by atoms with Crippen molar-refractivity contribution in [2.75, 3.05) is 0 Å². The number of nitrogens with zero attached hydrogens (tertiary/aromatic N) is 3. The van der Waals surface area contributed by atoms with Gasteiger partial charge in [-0.3, -0.25) is 0 Å². The average molecular weight is 244 g/mol. The number of hydrogen-bond acceptors (Lipinski definition) is 3. The van der Waals surface area contributed by atoms with Crippen molar-refractivity contribution in [3.8, 4) is 0 Å². The predicted octanol–water partition coefficient (Wildman–Crippen LogP) is 2.46. The normalized spacial score (nSPS) is 12.6. The lowest BCUT2D eigenvalue weighted by molar-refractivity contribution is 0.539. The van der Waals surface area contributed by atoms with Gasteiger partial charge in [0.25, 0.3) is 0 Å². The first kappa shape index (κ1) is 12.8. The van der Waals surface area contributed by atoms with Gasteiger partial charge in [0.1, 0.15) is 12.2 Å². The molecule has 0 aliphatic heterocycles. The number of aromatic nitrogens is 3. The molecule has 0 saturated carbocycles. The summed E-state index contributed by atoms with van der Waals surface area (Å²) < 4.78 is 2.05. The van der Waals surface area contributed by atoms with Gasteiger partial charge in [-0.2, -0.15) is 0 Å². The highest BCUT2D eigenvalue weighted by Gasteiger charge is 2.07. The molecule has 0 bridgehead atoms. The third-order valence-electron chi connectivity index (χ3n) is 3.14. The molecule has 1 aromatic carbocycles. The van der Waals surface area contributed by atoms with Gasteiger partial charge in [-0.05, 0) is 26.3 Å². The molecule has 4 nitrogen and oxygen atoms in total. The maximum absolute atomic E-state index is 4.12. The van der Waals surface area contributed by atoms with Crippen LogP contribution in [0.5, 0.6) is 0 Å². The predicted molar refractivity (Wildman–Crippen MR) is 72.1 cm³/mol. The van der Waals surface area contributed by atoms with E-state index in [1.807, 2.05) is 0 Å². The summed E-state index contributed by atoms with van der Waals surface area (Å²) >= 11 is 0. The van der Waals surface area contributed by atoms with Crippen molar-refractivity contribution in [2.24, 2.45) is 0 Å². The molecule has 0 aliphatic carbocycles. The van der Waals surface area contributed by atoms with E-state index in [4.69, 9.17) is 0 Å². The van der Waals surface area contributed by atoms with Crippen LogP contribution in [0.25, 0.3) is 0 Å². The Hall–Kier alpha value is -1.68. The third kappa shape index (κ3) is 2.96. The van der Waals surface area contributed by atoms with Crippen molar-refractivity contribution in [2.45, 2.75) is 39.9 Å². The second-order valence-corrected chi connectivity index (χ2v) is 4.55. The van der Waals surface area contributed by atoms with Gasteiger partial charge in [0, 0.05) is 12.6 Å². The minimum absolute atomic E-state index is 0.312. The van der Waals surface area contributed by atoms with Gasteiger partial charge in [0.05, 0.1) is 6.54 Å². The van der Waals surface area contributed by atoms with E-state index >= 15 is 0 Å². The van der Waals surface area contributed by atoms with Crippen LogP contribution in [0.2, 0.25) is 0 Å². The van der Waals surface area contributed by atoms with Gasteiger partial charge in [0.2, 0.25) is 0 Å². The van der Waals surface area contributed by atoms with Crippen LogP contribution in [0.3, 0.4) is 0 Å². The summed E-state index contributed by atoms with van der Waals surface area (Å²) in [6.45, 7) is 8.02. The molecule has 2 aromatic rings. The van der Waals surface area contributed by atoms with Crippen LogP contribution >= 0.6 is 0 Å². The number of rotatable bonds is 5. The molecule has 1 heterocycles. The maximum Gasteiger partial charge on any atom is 0.146 e. The van der Waals surface area contributed by atoms with Crippen molar-refractivity contribution >= 4 is 0 Å². The summed E-state index contributed by atoms with van der Waals surface area (Å²) in [6, 6.07) is 8.88. The van der Waals surface area contributed by atoms with Crippen molar-refractivity contribution < 1.29 is 0 Å². The SMILES string of the molecule is CCn1cnnc1CNC(C)c1cccc(C)c1. The zero-order valence-corrected chi connectivity index (χ0v) is 11.2. The van der Waals surface area contributed by atoms with E-state index in [1.165, 1.54) is 11.1 Å². The fourth-order valence-electron chi connectivity index (χ4n) is 1.98. The molecule has 0 fully saturated rings. The first-order chi connectivity index (χ1) is 8.70. The fourth-order valence-corrected chi connectivity index (χ4v) is 1.98. The fraction of sp³-hybridized carbons (Fsp3) is 0.429. The van der Waals surface area contributed by atoms with E-state index < -0.39 is 0 Å². The van der Waals surface area contributed by atoms with Crippen molar-refractivity contribution in [1.82, 2.24) is 20.1 Å². The Labute approximate surface area is 108 Å². The van der Waals surface area contributed by atoms with Gasteiger partial charge in [0.15, 0.2) is 0 Å². The molecule has 1 aromatic heterocycles. The van der Waals surface area contributed by atoms with Gasteiger partial charge in [-0.25, -0.2) is 0 Å². The summed E-state index contributed by atoms with van der Waals surface area (Å²) in [7, 11) is 0. The van der Waals surface area contributed by atoms with Gasteiger partial charge >= 0.3 is 0 Å². The first-order valence-electron chi connectivity index (χ1n) is 6.37. The van der Waals surface area contributed by atoms with E-state index in [2.05, 4.69) is 65.1 Å². The minimum atomic E-state index is 0.312. The van der Waals surface area contributed by atoms with Crippen LogP contribution < -0.4 is 5.32 Å². The lowest BCUT2D eigenvalue weighted by atomic mass is 10.1. The topological polar surface area (TPSA) is 42.7 Å². The van der Waals surface area contributed by atoms with Gasteiger partial charge in [-0.1, -0.05) is 29.8 Å². The Morgan fingerprint density at radius 2 is 2.22 bits per heavy atom. The summed E-state index contributed by atoms with van der Waals surface area (Å²) in [5.74, 6) is 0.983. The second kappa shape index (κ2) is 5.78. The zero-order valence-electron chi connectivity index (χ0n) is 11.2. The largest absolute Gasteiger partial charge is 0.317 e. The quantitative estimate of drug-likeness (QED) is 0.878. The molecular weight excluding hydrogens is 224 g/mol. The molecule has 1 unspecified atom stereocenters. The van der Waals surface area contributed by atoms with Crippen LogP contribution in [-0.4, -0.2) is 14.8 Å². The lowest BCUT2D eigenvalue weighted by Gasteiger charge is -2.14. The Morgan fingerprint density at radius 1 is 1.39 bits per heavy atom. The van der Waals surface area contributed by atoms with Crippen LogP contribution in [0.1, 0.15) is 36.8 Å². The molecule has 0 aliphatic rings. The summed E-state index contributed by atoms with van der Waals surface area (Å²) in [4.78, 5) is 0. The van der Waals surface area contributed by atoms with E-state index in [9.17, 15) is 0 Å². The summed E-state index contributed by atoms with van der Waals surface area (Å²) in [5, 5.41) is 11.5. The molecule has 0 saturated heterocycles. The number of hydrogen-bond donors (Lipinski definition) is 1. The van der Waals surface area contributed by atoms with Crippen LogP contribution in [0, 0.1) is 6.92 Å². The van der Waals surface area contributed by atoms with E-state index in [0.29, 0.717) is 6.04 Å². The molecule has 0 radical (unpaired) electrons. The summed E-state index contributed by atoms with van der Waals surface area (Å²) in [6.07, 6.45) is 1.77. The van der Waals surface area contributed by atoms with Crippen LogP contribution in [-0.2, 0) is 13.1 Å². The molecule has 1 N–H and O–H groups in total. The smallest absolute Gasteiger partial charge is 0.146 e. The maximum atomic E-state index is 4.12. The highest BCUT2D eigenvalue weighted by Crippen LogP contribution is 2.14. The van der Waals surface area contributed by atoms with Crippen molar-refractivity contribution in [3.05, 3.63) is 47.5 Å². The Balaban J connectivity index is 1.98. The molecule has 0 amide bonds. The molecule has 0 spiro atoms. The van der Waals surface area contributed by atoms with Gasteiger partial charge < -0.3 is 9.88 Å². The highest BCUT2D eigenvalue weighted by atomic mass is 15.3. The highest BCUT2D eigenvalue weighted by molar-refractivity contribution is 5.24. The van der Waals surface area contributed by atoms with Crippen LogP contribution in [0.4, 0.5) is 0 Å². The first-order valence-corrected chi connectivity index (χ1v) is 6.37. The molecule has 96 valence electrons. The minimum Gasteiger partial charge on any atom is -0.317 e. The van der Waals surface area contributed by atoms with Crippen molar-refractivity contribution in [3.63, 3.8) is 0 Å². The van der Waals surface area contributed by atoms with Gasteiger partial charge in [-0.15, -0.1) is 10.2 Å². The Morgan fingerprint density at radius 3 is 2.94 bits per heavy atom. The third-order valence-corrected chi connectivity index (χ3v) is 3.14. The molecular formula is C14H20N4. The molecule has 2 rings (SSSR count). The van der Waals surface area contributed by atoms with E-state index in [1.54, 1.807) is 6.33 Å². The number of benzene rings is 1. The zero-order chi connectivity index (χ0) is 13.0. The molecule has 4 heteroatoms. The monoisotopic (exact) mass is 244 g/mol. The Kier molecular flexibility index (Phi) is 4.10. The van der Waals surface area contributed by atoms with Crippen LogP contribution in [0.15, 0.2) is 30.6 Å². The van der Waals surface area contributed by atoms with E-state index in [-0.39, 0.29) is 0 Å². The molecule has 1 atom stereocenters. The summed E-state index contributed by atoms with van der Waals surface area (Å²) in [5.41, 5.74) is 2.59. The number of nitrogens with one attached hydrogen (secondary N) is 1. The lowest BCUT2D eigenvalue weighted by Crippen LogP contribution is -2.20. The van der Waals surface area contributed by atoms with Crippen molar-refractivity contribution in [1.29, 1.82) is 0 Å². The van der Waals surface area contributed by atoms with E-state index in [0.717, 1.165) is 18.9 Å². The number of aryl methyl sites for hydroxylation is 2. The molecule has 18 heavy (non-hydrogen) atoms. The Bertz CT molecular complexity index is 504. The average Bonchev–Trinajstić information content (AvgIpc) is 2.83.